The minimum Gasteiger partial charge on any atom is -0.357 e. The number of aromatic nitrogens is 2. The van der Waals surface area contributed by atoms with Crippen LogP contribution in [0.4, 0.5) is 5.95 Å². The fourth-order valence-electron chi connectivity index (χ4n) is 1.05. The molecule has 0 aliphatic heterocycles. The monoisotopic (exact) mass is 180 g/mol. The van der Waals surface area contributed by atoms with Crippen LogP contribution in [0.1, 0.15) is 18.2 Å². The van der Waals surface area contributed by atoms with Gasteiger partial charge in [-0.3, -0.25) is 0 Å². The summed E-state index contributed by atoms with van der Waals surface area (Å²) in [5.41, 5.74) is 2.18. The highest BCUT2D eigenvalue weighted by Gasteiger charge is 2.00. The molecule has 0 unspecified atom stereocenters. The molecule has 0 aliphatic rings. The second-order valence-corrected chi connectivity index (χ2v) is 2.83. The molecule has 2 N–H and O–H groups in total. The van der Waals surface area contributed by atoms with Gasteiger partial charge in [0, 0.05) is 31.0 Å². The van der Waals surface area contributed by atoms with Crippen molar-refractivity contribution in [2.75, 3.05) is 18.9 Å². The van der Waals surface area contributed by atoms with Crippen LogP contribution in [-0.4, -0.2) is 23.6 Å². The molecule has 0 fully saturated rings. The SMILES string of the molecule is CCNCc1cnc(NC)nc1C. The topological polar surface area (TPSA) is 49.8 Å². The van der Waals surface area contributed by atoms with Crippen molar-refractivity contribution in [1.82, 2.24) is 15.3 Å². The van der Waals surface area contributed by atoms with Crippen molar-refractivity contribution in [2.45, 2.75) is 20.4 Å². The number of hydrogen-bond donors (Lipinski definition) is 2. The number of anilines is 1. The lowest BCUT2D eigenvalue weighted by molar-refractivity contribution is 0.716. The van der Waals surface area contributed by atoms with Crippen molar-refractivity contribution in [1.29, 1.82) is 0 Å². The molecule has 1 aromatic heterocycles. The summed E-state index contributed by atoms with van der Waals surface area (Å²) in [7, 11) is 1.82. The highest BCUT2D eigenvalue weighted by molar-refractivity contribution is 5.27. The van der Waals surface area contributed by atoms with Crippen molar-refractivity contribution in [3.8, 4) is 0 Å². The molecule has 0 spiro atoms. The zero-order valence-corrected chi connectivity index (χ0v) is 8.39. The van der Waals surface area contributed by atoms with E-state index < -0.39 is 0 Å². The molecule has 1 heterocycles. The van der Waals surface area contributed by atoms with Crippen LogP contribution in [0.15, 0.2) is 6.20 Å². The van der Waals surface area contributed by atoms with Gasteiger partial charge >= 0.3 is 0 Å². The predicted octanol–water partition coefficient (Wildman–Crippen LogP) is 0.936. The zero-order valence-electron chi connectivity index (χ0n) is 8.39. The molecule has 4 nitrogen and oxygen atoms in total. The third-order valence-corrected chi connectivity index (χ3v) is 1.87. The summed E-state index contributed by atoms with van der Waals surface area (Å²) < 4.78 is 0. The Morgan fingerprint density at radius 1 is 1.46 bits per heavy atom. The lowest BCUT2D eigenvalue weighted by atomic mass is 10.2. The average Bonchev–Trinajstić information content (AvgIpc) is 2.16. The highest BCUT2D eigenvalue weighted by Crippen LogP contribution is 2.05. The first-order chi connectivity index (χ1) is 6.27. The minimum absolute atomic E-state index is 0.678. The number of nitrogens with zero attached hydrogens (tertiary/aromatic N) is 2. The van der Waals surface area contributed by atoms with E-state index in [1.54, 1.807) is 0 Å². The summed E-state index contributed by atoms with van der Waals surface area (Å²) in [4.78, 5) is 8.43. The normalized spacial score (nSPS) is 10.1. The molecule has 72 valence electrons. The maximum atomic E-state index is 4.28. The van der Waals surface area contributed by atoms with Gasteiger partial charge in [0.05, 0.1) is 0 Å². The number of rotatable bonds is 4. The second-order valence-electron chi connectivity index (χ2n) is 2.83. The quantitative estimate of drug-likeness (QED) is 0.724. The molecule has 0 bridgehead atoms. The van der Waals surface area contributed by atoms with Gasteiger partial charge < -0.3 is 10.6 Å². The molecule has 0 amide bonds. The third-order valence-electron chi connectivity index (χ3n) is 1.87. The van der Waals surface area contributed by atoms with Gasteiger partial charge in [-0.2, -0.15) is 0 Å². The Hall–Kier alpha value is -1.16. The second kappa shape index (κ2) is 4.77. The maximum Gasteiger partial charge on any atom is 0.222 e. The number of hydrogen-bond acceptors (Lipinski definition) is 4. The van der Waals surface area contributed by atoms with Crippen LogP contribution in [0.5, 0.6) is 0 Å². The fraction of sp³-hybridized carbons (Fsp3) is 0.556. The van der Waals surface area contributed by atoms with Crippen LogP contribution in [0.3, 0.4) is 0 Å². The molecule has 0 aliphatic carbocycles. The van der Waals surface area contributed by atoms with Gasteiger partial charge in [0.2, 0.25) is 5.95 Å². The van der Waals surface area contributed by atoms with E-state index in [0.717, 1.165) is 24.3 Å². The molecule has 0 radical (unpaired) electrons. The Balaban J connectivity index is 2.73. The molecule has 13 heavy (non-hydrogen) atoms. The predicted molar refractivity (Wildman–Crippen MR) is 53.7 cm³/mol. The molecular formula is C9H16N4. The van der Waals surface area contributed by atoms with Gasteiger partial charge in [-0.05, 0) is 13.5 Å². The van der Waals surface area contributed by atoms with Gasteiger partial charge in [-0.15, -0.1) is 0 Å². The lowest BCUT2D eigenvalue weighted by Gasteiger charge is -2.06. The van der Waals surface area contributed by atoms with E-state index in [1.807, 2.05) is 20.2 Å². The summed E-state index contributed by atoms with van der Waals surface area (Å²) in [5.74, 6) is 0.678. The first-order valence-electron chi connectivity index (χ1n) is 4.49. The number of nitrogens with one attached hydrogen (secondary N) is 2. The third kappa shape index (κ3) is 2.66. The van der Waals surface area contributed by atoms with Crippen molar-refractivity contribution in [3.63, 3.8) is 0 Å². The van der Waals surface area contributed by atoms with E-state index in [1.165, 1.54) is 0 Å². The summed E-state index contributed by atoms with van der Waals surface area (Å²) >= 11 is 0. The molecule has 1 aromatic rings. The van der Waals surface area contributed by atoms with E-state index in [2.05, 4.69) is 27.5 Å². The Bertz CT molecular complexity index is 272. The van der Waals surface area contributed by atoms with E-state index >= 15 is 0 Å². The smallest absolute Gasteiger partial charge is 0.222 e. The first-order valence-corrected chi connectivity index (χ1v) is 4.49. The largest absolute Gasteiger partial charge is 0.357 e. The Morgan fingerprint density at radius 2 is 2.23 bits per heavy atom. The van der Waals surface area contributed by atoms with E-state index in [4.69, 9.17) is 0 Å². The Labute approximate surface area is 78.8 Å². The van der Waals surface area contributed by atoms with Crippen LogP contribution in [-0.2, 0) is 6.54 Å². The van der Waals surface area contributed by atoms with Gasteiger partial charge in [-0.25, -0.2) is 9.97 Å². The molecule has 0 aromatic carbocycles. The Kier molecular flexibility index (Phi) is 3.64. The molecular weight excluding hydrogens is 164 g/mol. The van der Waals surface area contributed by atoms with Crippen LogP contribution >= 0.6 is 0 Å². The van der Waals surface area contributed by atoms with Crippen LogP contribution < -0.4 is 10.6 Å². The number of aryl methyl sites for hydroxylation is 1. The summed E-state index contributed by atoms with van der Waals surface area (Å²) in [6.07, 6.45) is 1.86. The molecule has 0 atom stereocenters. The Morgan fingerprint density at radius 3 is 2.77 bits per heavy atom. The molecule has 0 saturated carbocycles. The average molecular weight is 180 g/mol. The minimum atomic E-state index is 0.678. The van der Waals surface area contributed by atoms with Gasteiger partial charge in [0.25, 0.3) is 0 Å². The van der Waals surface area contributed by atoms with Crippen LogP contribution in [0, 0.1) is 6.92 Å². The standard InChI is InChI=1S/C9H16N4/c1-4-11-5-8-6-12-9(10-3)13-7(8)2/h6,11H,4-5H2,1-3H3,(H,10,12,13). The summed E-state index contributed by atoms with van der Waals surface area (Å²) in [5, 5.41) is 6.15. The van der Waals surface area contributed by atoms with Gasteiger partial charge in [0.15, 0.2) is 0 Å². The van der Waals surface area contributed by atoms with Crippen molar-refractivity contribution in [2.24, 2.45) is 0 Å². The van der Waals surface area contributed by atoms with Crippen molar-refractivity contribution < 1.29 is 0 Å². The highest BCUT2D eigenvalue weighted by atomic mass is 15.1. The van der Waals surface area contributed by atoms with Crippen molar-refractivity contribution in [3.05, 3.63) is 17.5 Å². The van der Waals surface area contributed by atoms with E-state index in [9.17, 15) is 0 Å². The lowest BCUT2D eigenvalue weighted by Crippen LogP contribution is -2.14. The molecule has 4 heteroatoms. The van der Waals surface area contributed by atoms with E-state index in [-0.39, 0.29) is 0 Å². The van der Waals surface area contributed by atoms with Gasteiger partial charge in [-0.1, -0.05) is 6.92 Å². The van der Waals surface area contributed by atoms with Crippen molar-refractivity contribution >= 4 is 5.95 Å². The van der Waals surface area contributed by atoms with E-state index in [0.29, 0.717) is 5.95 Å². The van der Waals surface area contributed by atoms with Crippen LogP contribution in [0.2, 0.25) is 0 Å². The zero-order chi connectivity index (χ0) is 9.68. The van der Waals surface area contributed by atoms with Crippen LogP contribution in [0.25, 0.3) is 0 Å². The summed E-state index contributed by atoms with van der Waals surface area (Å²) in [6.45, 7) is 5.88. The fourth-order valence-corrected chi connectivity index (χ4v) is 1.05. The first kappa shape index (κ1) is 9.92. The molecule has 1 rings (SSSR count). The molecule has 0 saturated heterocycles. The van der Waals surface area contributed by atoms with Gasteiger partial charge in [0.1, 0.15) is 0 Å². The maximum absolute atomic E-state index is 4.28. The summed E-state index contributed by atoms with van der Waals surface area (Å²) in [6, 6.07) is 0.